The van der Waals surface area contributed by atoms with Gasteiger partial charge >= 0.3 is 0 Å². The van der Waals surface area contributed by atoms with Gasteiger partial charge in [0.25, 0.3) is 0 Å². The molecule has 134 valence electrons. The maximum Gasteiger partial charge on any atom is 0.241 e. The van der Waals surface area contributed by atoms with E-state index in [1.54, 1.807) is 24.3 Å². The lowest BCUT2D eigenvalue weighted by atomic mass is 9.88. The number of aryl methyl sites for hydroxylation is 2. The van der Waals surface area contributed by atoms with E-state index in [-0.39, 0.29) is 10.9 Å². The number of nitrogens with zero attached hydrogens (tertiary/aromatic N) is 1. The molecule has 0 bridgehead atoms. The molecule has 0 fully saturated rings. The SMILES string of the molecule is Cc1cc(-c2ccc(S(=O)(=O)NC3CCCc4ccccc43)cc2)on1. The number of nitrogens with one attached hydrogen (secondary N) is 1. The van der Waals surface area contributed by atoms with Crippen LogP contribution < -0.4 is 4.72 Å². The lowest BCUT2D eigenvalue weighted by Gasteiger charge is -2.26. The van der Waals surface area contributed by atoms with E-state index in [1.807, 2.05) is 31.2 Å². The van der Waals surface area contributed by atoms with E-state index in [0.29, 0.717) is 5.76 Å². The van der Waals surface area contributed by atoms with Gasteiger partial charge in [-0.3, -0.25) is 0 Å². The summed E-state index contributed by atoms with van der Waals surface area (Å²) in [5.74, 6) is 0.626. The first-order valence-corrected chi connectivity index (χ1v) is 10.2. The lowest BCUT2D eigenvalue weighted by molar-refractivity contribution is 0.427. The molecule has 1 aromatic heterocycles. The third kappa shape index (κ3) is 3.30. The third-order valence-electron chi connectivity index (χ3n) is 4.74. The molecule has 1 atom stereocenters. The fourth-order valence-electron chi connectivity index (χ4n) is 3.43. The summed E-state index contributed by atoms with van der Waals surface area (Å²) in [6, 6.07) is 16.4. The van der Waals surface area contributed by atoms with Crippen LogP contribution in [0.5, 0.6) is 0 Å². The minimum absolute atomic E-state index is 0.179. The Morgan fingerprint density at radius 1 is 1.12 bits per heavy atom. The monoisotopic (exact) mass is 368 g/mol. The van der Waals surface area contributed by atoms with Crippen LogP contribution in [0.4, 0.5) is 0 Å². The zero-order chi connectivity index (χ0) is 18.1. The maximum absolute atomic E-state index is 12.8. The minimum atomic E-state index is -3.59. The van der Waals surface area contributed by atoms with E-state index in [0.717, 1.165) is 36.1 Å². The number of rotatable bonds is 4. The van der Waals surface area contributed by atoms with Crippen LogP contribution in [0.3, 0.4) is 0 Å². The molecule has 0 saturated heterocycles. The van der Waals surface area contributed by atoms with Gasteiger partial charge in [-0.2, -0.15) is 0 Å². The maximum atomic E-state index is 12.8. The van der Waals surface area contributed by atoms with Crippen molar-refractivity contribution in [2.24, 2.45) is 0 Å². The molecule has 1 unspecified atom stereocenters. The summed E-state index contributed by atoms with van der Waals surface area (Å²) < 4.78 is 33.7. The zero-order valence-corrected chi connectivity index (χ0v) is 15.3. The van der Waals surface area contributed by atoms with E-state index < -0.39 is 10.0 Å². The Morgan fingerprint density at radius 2 is 1.88 bits per heavy atom. The Morgan fingerprint density at radius 3 is 2.62 bits per heavy atom. The van der Waals surface area contributed by atoms with Gasteiger partial charge in [-0.05, 0) is 61.6 Å². The fourth-order valence-corrected chi connectivity index (χ4v) is 4.68. The van der Waals surface area contributed by atoms with E-state index >= 15 is 0 Å². The molecular formula is C20H20N2O3S. The van der Waals surface area contributed by atoms with Crippen molar-refractivity contribution in [3.63, 3.8) is 0 Å². The summed E-state index contributed by atoms with van der Waals surface area (Å²) in [6.07, 6.45) is 2.79. The highest BCUT2D eigenvalue weighted by Crippen LogP contribution is 2.31. The second kappa shape index (κ2) is 6.70. The van der Waals surface area contributed by atoms with Gasteiger partial charge in [-0.15, -0.1) is 0 Å². The van der Waals surface area contributed by atoms with Gasteiger partial charge in [0, 0.05) is 17.7 Å². The number of fused-ring (bicyclic) bond motifs is 1. The van der Waals surface area contributed by atoms with E-state index in [9.17, 15) is 8.42 Å². The molecule has 0 saturated carbocycles. The highest BCUT2D eigenvalue weighted by molar-refractivity contribution is 7.89. The van der Waals surface area contributed by atoms with Crippen molar-refractivity contribution in [1.82, 2.24) is 9.88 Å². The topological polar surface area (TPSA) is 72.2 Å². The average molecular weight is 368 g/mol. The predicted octanol–water partition coefficient (Wildman–Crippen LogP) is 4.01. The van der Waals surface area contributed by atoms with Crippen molar-refractivity contribution in [2.75, 3.05) is 0 Å². The molecule has 4 rings (SSSR count). The Bertz CT molecular complexity index is 1020. The molecule has 0 spiro atoms. The highest BCUT2D eigenvalue weighted by Gasteiger charge is 2.25. The van der Waals surface area contributed by atoms with Gasteiger partial charge in [0.15, 0.2) is 5.76 Å². The summed E-state index contributed by atoms with van der Waals surface area (Å²) in [7, 11) is -3.59. The third-order valence-corrected chi connectivity index (χ3v) is 6.23. The molecule has 1 aliphatic carbocycles. The van der Waals surface area contributed by atoms with E-state index in [4.69, 9.17) is 4.52 Å². The molecule has 0 radical (unpaired) electrons. The van der Waals surface area contributed by atoms with Gasteiger partial charge in [-0.25, -0.2) is 13.1 Å². The van der Waals surface area contributed by atoms with Crippen LogP contribution in [-0.4, -0.2) is 13.6 Å². The molecule has 1 heterocycles. The van der Waals surface area contributed by atoms with Gasteiger partial charge in [0.1, 0.15) is 0 Å². The van der Waals surface area contributed by atoms with Crippen molar-refractivity contribution in [3.05, 3.63) is 71.4 Å². The first-order valence-electron chi connectivity index (χ1n) is 8.67. The van der Waals surface area contributed by atoms with Crippen LogP contribution in [0.1, 0.15) is 35.7 Å². The van der Waals surface area contributed by atoms with Crippen LogP contribution in [0.2, 0.25) is 0 Å². The lowest BCUT2D eigenvalue weighted by Crippen LogP contribution is -2.31. The fraction of sp³-hybridized carbons (Fsp3) is 0.250. The summed E-state index contributed by atoms with van der Waals surface area (Å²) in [4.78, 5) is 0.251. The molecule has 2 aromatic carbocycles. The van der Waals surface area contributed by atoms with Crippen molar-refractivity contribution in [3.8, 4) is 11.3 Å². The number of aromatic nitrogens is 1. The number of hydrogen-bond donors (Lipinski definition) is 1. The first kappa shape index (κ1) is 17.0. The predicted molar refractivity (Wildman–Crippen MR) is 99.1 cm³/mol. The Balaban J connectivity index is 1.58. The highest BCUT2D eigenvalue weighted by atomic mass is 32.2. The van der Waals surface area contributed by atoms with Crippen molar-refractivity contribution < 1.29 is 12.9 Å². The first-order chi connectivity index (χ1) is 12.5. The summed E-state index contributed by atoms with van der Waals surface area (Å²) in [5.41, 5.74) is 3.89. The number of sulfonamides is 1. The van der Waals surface area contributed by atoms with Crippen molar-refractivity contribution in [1.29, 1.82) is 0 Å². The zero-order valence-electron chi connectivity index (χ0n) is 14.5. The molecule has 3 aromatic rings. The second-order valence-electron chi connectivity index (χ2n) is 6.62. The summed E-state index contributed by atoms with van der Waals surface area (Å²) in [6.45, 7) is 1.85. The van der Waals surface area contributed by atoms with Crippen LogP contribution in [0, 0.1) is 6.92 Å². The van der Waals surface area contributed by atoms with E-state index in [1.165, 1.54) is 5.56 Å². The van der Waals surface area contributed by atoms with Gasteiger partial charge in [0.2, 0.25) is 10.0 Å². The Labute approximate surface area is 153 Å². The minimum Gasteiger partial charge on any atom is -0.356 e. The molecule has 1 aliphatic rings. The van der Waals surface area contributed by atoms with Crippen LogP contribution in [0.25, 0.3) is 11.3 Å². The Hall–Kier alpha value is -2.44. The second-order valence-corrected chi connectivity index (χ2v) is 8.34. The molecular weight excluding hydrogens is 348 g/mol. The van der Waals surface area contributed by atoms with Gasteiger partial charge in [0.05, 0.1) is 10.6 Å². The van der Waals surface area contributed by atoms with Crippen molar-refractivity contribution >= 4 is 10.0 Å². The molecule has 26 heavy (non-hydrogen) atoms. The molecule has 5 nitrogen and oxygen atoms in total. The quantitative estimate of drug-likeness (QED) is 0.755. The molecule has 1 N–H and O–H groups in total. The van der Waals surface area contributed by atoms with Gasteiger partial charge < -0.3 is 4.52 Å². The van der Waals surface area contributed by atoms with Gasteiger partial charge in [-0.1, -0.05) is 29.4 Å². The van der Waals surface area contributed by atoms with Crippen LogP contribution in [0.15, 0.2) is 64.0 Å². The summed E-state index contributed by atoms with van der Waals surface area (Å²) in [5, 5.41) is 3.86. The van der Waals surface area contributed by atoms with E-state index in [2.05, 4.69) is 15.9 Å². The number of hydrogen-bond acceptors (Lipinski definition) is 4. The molecule has 0 aliphatic heterocycles. The number of benzene rings is 2. The average Bonchev–Trinajstić information content (AvgIpc) is 3.08. The molecule has 0 amide bonds. The normalized spacial score (nSPS) is 17.0. The van der Waals surface area contributed by atoms with Crippen molar-refractivity contribution in [2.45, 2.75) is 37.1 Å². The standard InChI is InChI=1S/C20H20N2O3S/c1-14-13-20(25-21-14)16-9-11-17(12-10-16)26(23,24)22-19-8-4-6-15-5-2-3-7-18(15)19/h2-3,5,7,9-13,19,22H,4,6,8H2,1H3. The largest absolute Gasteiger partial charge is 0.356 e. The Kier molecular flexibility index (Phi) is 4.38. The van der Waals surface area contributed by atoms with Crippen LogP contribution >= 0.6 is 0 Å². The smallest absolute Gasteiger partial charge is 0.241 e. The molecule has 6 heteroatoms. The van der Waals surface area contributed by atoms with Crippen LogP contribution in [-0.2, 0) is 16.4 Å². The summed E-state index contributed by atoms with van der Waals surface area (Å²) >= 11 is 0.